The summed E-state index contributed by atoms with van der Waals surface area (Å²) in [6.45, 7) is 3.81. The van der Waals surface area contributed by atoms with Gasteiger partial charge in [0.1, 0.15) is 15.8 Å². The zero-order valence-electron chi connectivity index (χ0n) is 9.75. The average Bonchev–Trinajstić information content (AvgIpc) is 2.93. The first-order chi connectivity index (χ1) is 8.83. The van der Waals surface area contributed by atoms with Crippen LogP contribution in [0.15, 0.2) is 24.8 Å². The quantitative estimate of drug-likeness (QED) is 0.646. The molecule has 0 saturated carbocycles. The lowest BCUT2D eigenvalue weighted by atomic mass is 10.3. The molecule has 0 aromatic carbocycles. The molecular weight excluding hydrogens is 343 g/mol. The third-order valence-corrected chi connectivity index (χ3v) is 3.60. The van der Waals surface area contributed by atoms with Crippen molar-refractivity contribution in [1.82, 2.24) is 19.9 Å². The molecule has 0 bridgehead atoms. The molecule has 2 aromatic heterocycles. The third kappa shape index (κ3) is 2.40. The molecule has 6 nitrogen and oxygen atoms in total. The topological polar surface area (TPSA) is 60.9 Å². The van der Waals surface area contributed by atoms with Gasteiger partial charge in [0.05, 0.1) is 0 Å². The van der Waals surface area contributed by atoms with Gasteiger partial charge in [0, 0.05) is 44.6 Å². The van der Waals surface area contributed by atoms with Crippen LogP contribution in [0.5, 0.6) is 0 Å². The molecule has 0 radical (unpaired) electrons. The molecule has 0 aliphatic carbocycles. The molecule has 1 aliphatic heterocycles. The number of rotatable bonds is 2. The molecular formula is C11H13IN6. The zero-order valence-corrected chi connectivity index (χ0v) is 11.9. The van der Waals surface area contributed by atoms with Crippen LogP contribution >= 0.6 is 22.6 Å². The second-order valence-electron chi connectivity index (χ2n) is 4.09. The maximum absolute atomic E-state index is 4.32. The van der Waals surface area contributed by atoms with Gasteiger partial charge in [-0.1, -0.05) is 0 Å². The highest BCUT2D eigenvalue weighted by Crippen LogP contribution is 2.16. The van der Waals surface area contributed by atoms with E-state index in [1.165, 1.54) is 0 Å². The number of aromatic nitrogens is 4. The molecule has 0 amide bonds. The molecule has 0 atom stereocenters. The van der Waals surface area contributed by atoms with Crippen LogP contribution in [-0.2, 0) is 0 Å². The lowest BCUT2D eigenvalue weighted by molar-refractivity contribution is 0.636. The SMILES string of the molecule is Ic1cc(N2CCN(c3ncc[nH]3)CC2)ncn1. The number of nitrogens with one attached hydrogen (secondary N) is 1. The molecule has 1 fully saturated rings. The molecule has 3 heterocycles. The van der Waals surface area contributed by atoms with E-state index in [0.717, 1.165) is 41.6 Å². The van der Waals surface area contributed by atoms with E-state index in [4.69, 9.17) is 0 Å². The Morgan fingerprint density at radius 3 is 2.50 bits per heavy atom. The van der Waals surface area contributed by atoms with Crippen LogP contribution < -0.4 is 9.80 Å². The summed E-state index contributed by atoms with van der Waals surface area (Å²) in [6.07, 6.45) is 5.26. The first-order valence-electron chi connectivity index (χ1n) is 5.80. The summed E-state index contributed by atoms with van der Waals surface area (Å²) in [6, 6.07) is 2.02. The molecule has 0 spiro atoms. The second-order valence-corrected chi connectivity index (χ2v) is 5.19. The maximum Gasteiger partial charge on any atom is 0.202 e. The Morgan fingerprint density at radius 2 is 1.83 bits per heavy atom. The number of aromatic amines is 1. The summed E-state index contributed by atoms with van der Waals surface area (Å²) in [7, 11) is 0. The molecule has 1 aliphatic rings. The van der Waals surface area contributed by atoms with E-state index in [9.17, 15) is 0 Å². The number of hydrogen-bond donors (Lipinski definition) is 1. The lowest BCUT2D eigenvalue weighted by Gasteiger charge is -2.35. The Labute approximate surface area is 119 Å². The van der Waals surface area contributed by atoms with Crippen molar-refractivity contribution in [3.05, 3.63) is 28.5 Å². The van der Waals surface area contributed by atoms with Crippen molar-refractivity contribution < 1.29 is 0 Å². The van der Waals surface area contributed by atoms with Crippen LogP contribution in [0, 0.1) is 3.70 Å². The van der Waals surface area contributed by atoms with Gasteiger partial charge in [0.25, 0.3) is 0 Å². The number of halogens is 1. The van der Waals surface area contributed by atoms with Crippen molar-refractivity contribution in [2.24, 2.45) is 0 Å². The van der Waals surface area contributed by atoms with Crippen LogP contribution in [-0.4, -0.2) is 46.1 Å². The normalized spacial score (nSPS) is 16.1. The molecule has 1 N–H and O–H groups in total. The number of nitrogens with zero attached hydrogens (tertiary/aromatic N) is 5. The molecule has 2 aromatic rings. The largest absolute Gasteiger partial charge is 0.353 e. The van der Waals surface area contributed by atoms with E-state index in [0.29, 0.717) is 0 Å². The second kappa shape index (κ2) is 5.09. The Kier molecular flexibility index (Phi) is 3.31. The van der Waals surface area contributed by atoms with Gasteiger partial charge < -0.3 is 14.8 Å². The van der Waals surface area contributed by atoms with Crippen LogP contribution in [0.25, 0.3) is 0 Å². The van der Waals surface area contributed by atoms with E-state index in [1.54, 1.807) is 12.5 Å². The molecule has 0 unspecified atom stereocenters. The lowest BCUT2D eigenvalue weighted by Crippen LogP contribution is -2.47. The van der Waals surface area contributed by atoms with E-state index >= 15 is 0 Å². The minimum Gasteiger partial charge on any atom is -0.353 e. The average molecular weight is 356 g/mol. The highest BCUT2D eigenvalue weighted by Gasteiger charge is 2.19. The summed E-state index contributed by atoms with van der Waals surface area (Å²) >= 11 is 2.21. The predicted octanol–water partition coefficient (Wildman–Crippen LogP) is 1.13. The Morgan fingerprint density at radius 1 is 1.06 bits per heavy atom. The van der Waals surface area contributed by atoms with Crippen LogP contribution in [0.1, 0.15) is 0 Å². The van der Waals surface area contributed by atoms with Gasteiger partial charge >= 0.3 is 0 Å². The number of H-pyrrole nitrogens is 1. The summed E-state index contributed by atoms with van der Waals surface area (Å²) in [5.74, 6) is 1.96. The Hall–Kier alpha value is -1.38. The molecule has 1 saturated heterocycles. The smallest absolute Gasteiger partial charge is 0.202 e. The predicted molar refractivity (Wildman–Crippen MR) is 77.8 cm³/mol. The van der Waals surface area contributed by atoms with Gasteiger partial charge in [0.15, 0.2) is 0 Å². The minimum absolute atomic E-state index is 0.951. The number of piperazine rings is 1. The van der Waals surface area contributed by atoms with Gasteiger partial charge in [-0.2, -0.15) is 0 Å². The summed E-state index contributed by atoms with van der Waals surface area (Å²) in [5.41, 5.74) is 0. The summed E-state index contributed by atoms with van der Waals surface area (Å²) in [5, 5.41) is 0. The number of anilines is 2. The van der Waals surface area contributed by atoms with Crippen LogP contribution in [0.4, 0.5) is 11.8 Å². The van der Waals surface area contributed by atoms with E-state index < -0.39 is 0 Å². The standard InChI is InChI=1S/C11H13IN6/c12-9-7-10(16-8-15-9)17-3-5-18(6-4-17)11-13-1-2-14-11/h1-2,7-8H,3-6H2,(H,13,14). The van der Waals surface area contributed by atoms with Crippen molar-refractivity contribution in [3.63, 3.8) is 0 Å². The van der Waals surface area contributed by atoms with Gasteiger partial charge in [-0.3, -0.25) is 0 Å². The maximum atomic E-state index is 4.32. The van der Waals surface area contributed by atoms with E-state index in [2.05, 4.69) is 52.3 Å². The van der Waals surface area contributed by atoms with E-state index in [1.807, 2.05) is 12.3 Å². The fraction of sp³-hybridized carbons (Fsp3) is 0.364. The van der Waals surface area contributed by atoms with Crippen molar-refractivity contribution in [3.8, 4) is 0 Å². The van der Waals surface area contributed by atoms with Crippen LogP contribution in [0.3, 0.4) is 0 Å². The number of hydrogen-bond acceptors (Lipinski definition) is 5. The van der Waals surface area contributed by atoms with Crippen molar-refractivity contribution in [2.45, 2.75) is 0 Å². The van der Waals surface area contributed by atoms with E-state index in [-0.39, 0.29) is 0 Å². The highest BCUT2D eigenvalue weighted by molar-refractivity contribution is 14.1. The molecule has 3 rings (SSSR count). The number of imidazole rings is 1. The molecule has 18 heavy (non-hydrogen) atoms. The third-order valence-electron chi connectivity index (χ3n) is 3.01. The van der Waals surface area contributed by atoms with Crippen molar-refractivity contribution in [1.29, 1.82) is 0 Å². The zero-order chi connectivity index (χ0) is 12.4. The van der Waals surface area contributed by atoms with Crippen LogP contribution in [0.2, 0.25) is 0 Å². The summed E-state index contributed by atoms with van der Waals surface area (Å²) in [4.78, 5) is 20.4. The summed E-state index contributed by atoms with van der Waals surface area (Å²) < 4.78 is 0.978. The van der Waals surface area contributed by atoms with Gasteiger partial charge in [0.2, 0.25) is 5.95 Å². The Balaban J connectivity index is 1.67. The highest BCUT2D eigenvalue weighted by atomic mass is 127. The van der Waals surface area contributed by atoms with Crippen molar-refractivity contribution in [2.75, 3.05) is 36.0 Å². The molecule has 7 heteroatoms. The van der Waals surface area contributed by atoms with Gasteiger partial charge in [-0.25, -0.2) is 15.0 Å². The Bertz CT molecular complexity index is 506. The monoisotopic (exact) mass is 356 g/mol. The van der Waals surface area contributed by atoms with Gasteiger partial charge in [-0.15, -0.1) is 0 Å². The van der Waals surface area contributed by atoms with Crippen molar-refractivity contribution >= 4 is 34.4 Å². The molecule has 94 valence electrons. The minimum atomic E-state index is 0.951. The fourth-order valence-electron chi connectivity index (χ4n) is 2.07. The first-order valence-corrected chi connectivity index (χ1v) is 6.87. The fourth-order valence-corrected chi connectivity index (χ4v) is 2.48. The first kappa shape index (κ1) is 11.7. The van der Waals surface area contributed by atoms with Gasteiger partial charge in [-0.05, 0) is 22.6 Å².